The van der Waals surface area contributed by atoms with Gasteiger partial charge in [0.2, 0.25) is 0 Å². The van der Waals surface area contributed by atoms with E-state index in [1.165, 1.54) is 0 Å². The lowest BCUT2D eigenvalue weighted by molar-refractivity contribution is 0.0527. The predicted molar refractivity (Wildman–Crippen MR) is 74.4 cm³/mol. The van der Waals surface area contributed by atoms with Gasteiger partial charge in [-0.25, -0.2) is 14.8 Å². The maximum absolute atomic E-state index is 11.8. The van der Waals surface area contributed by atoms with Crippen molar-refractivity contribution in [3.05, 3.63) is 40.0 Å². The van der Waals surface area contributed by atoms with Crippen molar-refractivity contribution < 1.29 is 9.53 Å². The second-order valence-corrected chi connectivity index (χ2v) is 4.89. The van der Waals surface area contributed by atoms with Crippen LogP contribution in [0.5, 0.6) is 0 Å². The molecule has 0 spiro atoms. The van der Waals surface area contributed by atoms with Crippen molar-refractivity contribution in [3.8, 4) is 0 Å². The summed E-state index contributed by atoms with van der Waals surface area (Å²) < 4.78 is 4.99. The number of rotatable bonds is 5. The summed E-state index contributed by atoms with van der Waals surface area (Å²) in [6, 6.07) is 3.41. The minimum absolute atomic E-state index is 0.346. The van der Waals surface area contributed by atoms with E-state index in [4.69, 9.17) is 4.74 Å². The zero-order valence-electron chi connectivity index (χ0n) is 10.8. The number of carbonyl (C=O) groups excluding carboxylic acids is 1. The fraction of sp³-hybridized carbons (Fsp3) is 0.308. The van der Waals surface area contributed by atoms with Crippen molar-refractivity contribution >= 4 is 23.1 Å². The third-order valence-corrected chi connectivity index (χ3v) is 3.23. The molecule has 5 nitrogen and oxygen atoms in total. The van der Waals surface area contributed by atoms with Gasteiger partial charge in [0.15, 0.2) is 0 Å². The Hall–Kier alpha value is -1.95. The number of hydrogen-bond donors (Lipinski definition) is 1. The Kier molecular flexibility index (Phi) is 4.46. The lowest BCUT2D eigenvalue weighted by atomic mass is 10.2. The zero-order chi connectivity index (χ0) is 13.7. The van der Waals surface area contributed by atoms with Gasteiger partial charge >= 0.3 is 5.97 Å². The fourth-order valence-corrected chi connectivity index (χ4v) is 2.20. The first-order chi connectivity index (χ1) is 9.20. The Labute approximate surface area is 115 Å². The lowest BCUT2D eigenvalue weighted by Gasteiger charge is -2.08. The maximum Gasteiger partial charge on any atom is 0.341 e. The number of thiazole rings is 1. The number of anilines is 1. The molecule has 19 heavy (non-hydrogen) atoms. The van der Waals surface area contributed by atoms with Crippen LogP contribution in [0.1, 0.15) is 28.0 Å². The highest BCUT2D eigenvalue weighted by atomic mass is 32.1. The molecule has 0 aliphatic rings. The van der Waals surface area contributed by atoms with E-state index in [0.717, 1.165) is 10.7 Å². The number of esters is 1. The van der Waals surface area contributed by atoms with E-state index in [2.05, 4.69) is 15.3 Å². The van der Waals surface area contributed by atoms with Gasteiger partial charge in [0, 0.05) is 11.6 Å². The summed E-state index contributed by atoms with van der Waals surface area (Å²) in [6.45, 7) is 4.62. The number of nitrogens with zero attached hydrogens (tertiary/aromatic N) is 2. The van der Waals surface area contributed by atoms with Gasteiger partial charge in [-0.3, -0.25) is 0 Å². The summed E-state index contributed by atoms with van der Waals surface area (Å²) in [7, 11) is 0. The van der Waals surface area contributed by atoms with E-state index in [9.17, 15) is 4.79 Å². The number of pyridine rings is 1. The molecule has 0 saturated carbocycles. The zero-order valence-corrected chi connectivity index (χ0v) is 11.7. The molecule has 0 bridgehead atoms. The predicted octanol–water partition coefficient (Wildman–Crippen LogP) is 2.64. The van der Waals surface area contributed by atoms with Gasteiger partial charge in [-0.1, -0.05) is 0 Å². The molecule has 2 aromatic rings. The minimum Gasteiger partial charge on any atom is -0.462 e. The number of nitrogens with one attached hydrogen (secondary N) is 1. The molecule has 2 heterocycles. The van der Waals surface area contributed by atoms with Crippen molar-refractivity contribution in [1.29, 1.82) is 0 Å². The minimum atomic E-state index is -0.368. The third-order valence-electron chi connectivity index (χ3n) is 2.41. The molecule has 0 amide bonds. The van der Waals surface area contributed by atoms with Crippen LogP contribution < -0.4 is 5.32 Å². The average molecular weight is 277 g/mol. The van der Waals surface area contributed by atoms with Gasteiger partial charge in [-0.05, 0) is 26.0 Å². The topological polar surface area (TPSA) is 64.1 Å². The third kappa shape index (κ3) is 3.51. The smallest absolute Gasteiger partial charge is 0.341 e. The van der Waals surface area contributed by atoms with Gasteiger partial charge in [-0.15, -0.1) is 11.3 Å². The number of aromatic nitrogens is 2. The molecule has 0 aromatic carbocycles. The quantitative estimate of drug-likeness (QED) is 0.851. The molecule has 1 N–H and O–H groups in total. The van der Waals surface area contributed by atoms with Crippen molar-refractivity contribution in [1.82, 2.24) is 9.97 Å². The van der Waals surface area contributed by atoms with Crippen LogP contribution in [-0.2, 0) is 11.3 Å². The molecule has 0 atom stereocenters. The van der Waals surface area contributed by atoms with Crippen LogP contribution in [0, 0.1) is 6.92 Å². The van der Waals surface area contributed by atoms with E-state index < -0.39 is 0 Å². The first-order valence-electron chi connectivity index (χ1n) is 5.97. The fourth-order valence-electron chi connectivity index (χ4n) is 1.58. The summed E-state index contributed by atoms with van der Waals surface area (Å²) >= 11 is 1.60. The second kappa shape index (κ2) is 6.29. The SMILES string of the molecule is CCOC(=O)c1cccnc1NCc1csc(C)n1. The van der Waals surface area contributed by atoms with E-state index in [1.807, 2.05) is 12.3 Å². The van der Waals surface area contributed by atoms with Crippen LogP contribution in [0.4, 0.5) is 5.82 Å². The summed E-state index contributed by atoms with van der Waals surface area (Å²) in [6.07, 6.45) is 1.64. The van der Waals surface area contributed by atoms with Gasteiger partial charge in [0.1, 0.15) is 11.4 Å². The number of ether oxygens (including phenoxy) is 1. The van der Waals surface area contributed by atoms with Gasteiger partial charge in [-0.2, -0.15) is 0 Å². The Morgan fingerprint density at radius 2 is 2.37 bits per heavy atom. The standard InChI is InChI=1S/C13H15N3O2S/c1-3-18-13(17)11-5-4-6-14-12(11)15-7-10-8-19-9(2)16-10/h4-6,8H,3,7H2,1-2H3,(H,14,15). The van der Waals surface area contributed by atoms with Crippen molar-refractivity contribution in [2.75, 3.05) is 11.9 Å². The highest BCUT2D eigenvalue weighted by Gasteiger charge is 2.13. The summed E-state index contributed by atoms with van der Waals surface area (Å²) in [5, 5.41) is 6.11. The highest BCUT2D eigenvalue weighted by Crippen LogP contribution is 2.15. The Morgan fingerprint density at radius 3 is 3.05 bits per heavy atom. The van der Waals surface area contributed by atoms with Crippen LogP contribution in [0.3, 0.4) is 0 Å². The molecular weight excluding hydrogens is 262 g/mol. The molecule has 0 fully saturated rings. The monoisotopic (exact) mass is 277 g/mol. The highest BCUT2D eigenvalue weighted by molar-refractivity contribution is 7.09. The van der Waals surface area contributed by atoms with E-state index in [1.54, 1.807) is 36.6 Å². The largest absolute Gasteiger partial charge is 0.462 e. The van der Waals surface area contributed by atoms with Crippen LogP contribution in [0.25, 0.3) is 0 Å². The Balaban J connectivity index is 2.09. The molecule has 100 valence electrons. The van der Waals surface area contributed by atoms with E-state index in [0.29, 0.717) is 24.5 Å². The molecule has 0 aliphatic carbocycles. The average Bonchev–Trinajstić information content (AvgIpc) is 2.83. The van der Waals surface area contributed by atoms with E-state index >= 15 is 0 Å². The molecule has 0 aliphatic heterocycles. The molecule has 2 rings (SSSR count). The summed E-state index contributed by atoms with van der Waals surface area (Å²) in [5.41, 5.74) is 1.37. The number of aryl methyl sites for hydroxylation is 1. The van der Waals surface area contributed by atoms with Crippen molar-refractivity contribution in [3.63, 3.8) is 0 Å². The van der Waals surface area contributed by atoms with E-state index in [-0.39, 0.29) is 5.97 Å². The lowest BCUT2D eigenvalue weighted by Crippen LogP contribution is -2.11. The molecule has 2 aromatic heterocycles. The normalized spacial score (nSPS) is 10.2. The van der Waals surface area contributed by atoms with Crippen LogP contribution in [0.2, 0.25) is 0 Å². The van der Waals surface area contributed by atoms with Crippen LogP contribution >= 0.6 is 11.3 Å². The number of hydrogen-bond acceptors (Lipinski definition) is 6. The molecule has 0 saturated heterocycles. The second-order valence-electron chi connectivity index (χ2n) is 3.83. The summed E-state index contributed by atoms with van der Waals surface area (Å²) in [4.78, 5) is 20.3. The van der Waals surface area contributed by atoms with Gasteiger partial charge in [0.25, 0.3) is 0 Å². The van der Waals surface area contributed by atoms with Crippen molar-refractivity contribution in [2.45, 2.75) is 20.4 Å². The van der Waals surface area contributed by atoms with Gasteiger partial charge in [0.05, 0.1) is 23.9 Å². The molecule has 6 heteroatoms. The maximum atomic E-state index is 11.8. The van der Waals surface area contributed by atoms with Gasteiger partial charge < -0.3 is 10.1 Å². The first kappa shape index (κ1) is 13.5. The number of carbonyl (C=O) groups is 1. The molecular formula is C13H15N3O2S. The van der Waals surface area contributed by atoms with Crippen LogP contribution in [-0.4, -0.2) is 22.5 Å². The van der Waals surface area contributed by atoms with Crippen molar-refractivity contribution in [2.24, 2.45) is 0 Å². The van der Waals surface area contributed by atoms with Crippen LogP contribution in [0.15, 0.2) is 23.7 Å². The Morgan fingerprint density at radius 1 is 1.53 bits per heavy atom. The Bertz CT molecular complexity index is 569. The molecule has 0 radical (unpaired) electrons. The first-order valence-corrected chi connectivity index (χ1v) is 6.85. The molecule has 0 unspecified atom stereocenters. The summed E-state index contributed by atoms with van der Waals surface area (Å²) in [5.74, 6) is 0.152.